The van der Waals surface area contributed by atoms with Crippen molar-refractivity contribution in [1.29, 1.82) is 0 Å². The molecule has 0 aliphatic rings. The summed E-state index contributed by atoms with van der Waals surface area (Å²) in [5.41, 5.74) is 7.75. The predicted molar refractivity (Wildman–Crippen MR) is 51.6 cm³/mol. The van der Waals surface area contributed by atoms with Gasteiger partial charge in [0.15, 0.2) is 0 Å². The Morgan fingerprint density at radius 2 is 2.27 bits per heavy atom. The van der Waals surface area contributed by atoms with E-state index in [4.69, 9.17) is 5.73 Å². The van der Waals surface area contributed by atoms with E-state index in [1.807, 2.05) is 19.1 Å². The molecule has 0 saturated heterocycles. The lowest BCUT2D eigenvalue weighted by Crippen LogP contribution is -1.87. The van der Waals surface area contributed by atoms with Gasteiger partial charge in [0, 0.05) is 10.6 Å². The molecule has 0 heterocycles. The lowest BCUT2D eigenvalue weighted by Gasteiger charge is -2.02. The van der Waals surface area contributed by atoms with Crippen molar-refractivity contribution in [3.8, 4) is 0 Å². The van der Waals surface area contributed by atoms with Crippen LogP contribution in [0.4, 0.5) is 5.69 Å². The first-order valence-corrected chi connectivity index (χ1v) is 4.25. The third kappa shape index (κ3) is 2.02. The number of hydrogen-bond acceptors (Lipinski definition) is 2. The molecular weight excluding hydrogens is 154 g/mol. The number of nitrogen functional groups attached to an aromatic ring is 1. The Hall–Kier alpha value is -0.890. The molecule has 0 unspecified atom stereocenters. The summed E-state index contributed by atoms with van der Waals surface area (Å²) < 4.78 is 0. The van der Waals surface area contributed by atoms with Crippen LogP contribution in [0.1, 0.15) is 5.56 Å². The molecule has 0 fully saturated rings. The monoisotopic (exact) mass is 165 g/mol. The van der Waals surface area contributed by atoms with Gasteiger partial charge in [0.25, 0.3) is 0 Å². The third-order valence-electron chi connectivity index (χ3n) is 1.38. The van der Waals surface area contributed by atoms with E-state index >= 15 is 0 Å². The maximum Gasteiger partial charge on any atom is 0.0455 e. The molecule has 0 bridgehead atoms. The fraction of sp³-hybridized carbons (Fsp3) is 0.111. The Balaban J connectivity index is 3.01. The number of hydrogen-bond donors (Lipinski definition) is 1. The first kappa shape index (κ1) is 8.21. The number of anilines is 1. The zero-order chi connectivity index (χ0) is 8.27. The molecule has 1 nitrogen and oxygen atoms in total. The quantitative estimate of drug-likeness (QED) is 0.538. The highest BCUT2D eigenvalue weighted by molar-refractivity contribution is 8.02. The smallest absolute Gasteiger partial charge is 0.0455 e. The van der Waals surface area contributed by atoms with Gasteiger partial charge in [-0.25, -0.2) is 0 Å². The minimum Gasteiger partial charge on any atom is -0.398 e. The number of thioether (sulfide) groups is 1. The summed E-state index contributed by atoms with van der Waals surface area (Å²) in [6.45, 7) is 5.68. The van der Waals surface area contributed by atoms with Crippen molar-refractivity contribution in [3.63, 3.8) is 0 Å². The van der Waals surface area contributed by atoms with Gasteiger partial charge in [-0.2, -0.15) is 0 Å². The van der Waals surface area contributed by atoms with Gasteiger partial charge in [0.1, 0.15) is 0 Å². The fourth-order valence-corrected chi connectivity index (χ4v) is 1.47. The molecule has 0 saturated carbocycles. The number of aryl methyl sites for hydroxylation is 1. The molecule has 0 radical (unpaired) electrons. The summed E-state index contributed by atoms with van der Waals surface area (Å²) in [5.74, 6) is 0. The number of rotatable bonds is 2. The SMILES string of the molecule is C=CSc1cc(C)ccc1N. The van der Waals surface area contributed by atoms with Crippen molar-refractivity contribution >= 4 is 17.4 Å². The van der Waals surface area contributed by atoms with Crippen molar-refractivity contribution in [1.82, 2.24) is 0 Å². The van der Waals surface area contributed by atoms with Gasteiger partial charge in [-0.05, 0) is 30.0 Å². The van der Waals surface area contributed by atoms with Gasteiger partial charge in [0.2, 0.25) is 0 Å². The van der Waals surface area contributed by atoms with E-state index in [1.54, 1.807) is 17.2 Å². The Morgan fingerprint density at radius 3 is 2.91 bits per heavy atom. The van der Waals surface area contributed by atoms with Crippen LogP contribution in [0.25, 0.3) is 0 Å². The molecule has 0 atom stereocenters. The molecule has 11 heavy (non-hydrogen) atoms. The predicted octanol–water partition coefficient (Wildman–Crippen LogP) is 2.81. The zero-order valence-corrected chi connectivity index (χ0v) is 7.32. The molecule has 0 aliphatic carbocycles. The van der Waals surface area contributed by atoms with E-state index in [2.05, 4.69) is 12.6 Å². The summed E-state index contributed by atoms with van der Waals surface area (Å²) >= 11 is 1.55. The maximum atomic E-state index is 5.71. The summed E-state index contributed by atoms with van der Waals surface area (Å²) in [6.07, 6.45) is 0. The second-order valence-electron chi connectivity index (χ2n) is 2.33. The van der Waals surface area contributed by atoms with E-state index in [1.165, 1.54) is 5.56 Å². The molecule has 58 valence electrons. The fourth-order valence-electron chi connectivity index (χ4n) is 0.833. The van der Waals surface area contributed by atoms with Crippen LogP contribution >= 0.6 is 11.8 Å². The van der Waals surface area contributed by atoms with Crippen molar-refractivity contribution in [2.75, 3.05) is 5.73 Å². The van der Waals surface area contributed by atoms with E-state index in [0.717, 1.165) is 10.6 Å². The maximum absolute atomic E-state index is 5.71. The molecule has 0 spiro atoms. The number of benzene rings is 1. The van der Waals surface area contributed by atoms with Crippen molar-refractivity contribution in [2.45, 2.75) is 11.8 Å². The van der Waals surface area contributed by atoms with E-state index in [0.29, 0.717) is 0 Å². The van der Waals surface area contributed by atoms with Gasteiger partial charge in [-0.15, -0.1) is 0 Å². The number of nitrogens with two attached hydrogens (primary N) is 1. The molecular formula is C9H11NS. The largest absolute Gasteiger partial charge is 0.398 e. The standard InChI is InChI=1S/C9H11NS/c1-3-11-9-6-7(2)4-5-8(9)10/h3-6H,1,10H2,2H3. The molecule has 0 amide bonds. The molecule has 2 N–H and O–H groups in total. The third-order valence-corrected chi connectivity index (χ3v) is 2.15. The molecule has 1 rings (SSSR count). The van der Waals surface area contributed by atoms with Gasteiger partial charge in [-0.3, -0.25) is 0 Å². The Morgan fingerprint density at radius 1 is 1.55 bits per heavy atom. The highest BCUT2D eigenvalue weighted by atomic mass is 32.2. The van der Waals surface area contributed by atoms with Crippen molar-refractivity contribution in [3.05, 3.63) is 35.7 Å². The topological polar surface area (TPSA) is 26.0 Å². The van der Waals surface area contributed by atoms with Crippen LogP contribution in [-0.4, -0.2) is 0 Å². The normalized spacial score (nSPS) is 9.55. The highest BCUT2D eigenvalue weighted by Gasteiger charge is 1.96. The van der Waals surface area contributed by atoms with Crippen LogP contribution in [0.3, 0.4) is 0 Å². The van der Waals surface area contributed by atoms with Crippen molar-refractivity contribution in [2.24, 2.45) is 0 Å². The second kappa shape index (κ2) is 3.49. The average molecular weight is 165 g/mol. The first-order chi connectivity index (χ1) is 5.24. The Bertz CT molecular complexity index is 268. The molecule has 2 heteroatoms. The van der Waals surface area contributed by atoms with Crippen molar-refractivity contribution < 1.29 is 0 Å². The van der Waals surface area contributed by atoms with Crippen LogP contribution < -0.4 is 5.73 Å². The van der Waals surface area contributed by atoms with Crippen LogP contribution in [0.15, 0.2) is 35.1 Å². The van der Waals surface area contributed by atoms with E-state index in [9.17, 15) is 0 Å². The molecule has 0 aliphatic heterocycles. The van der Waals surface area contributed by atoms with Gasteiger partial charge in [0.05, 0.1) is 0 Å². The van der Waals surface area contributed by atoms with Crippen LogP contribution in [0.5, 0.6) is 0 Å². The first-order valence-electron chi connectivity index (χ1n) is 3.37. The highest BCUT2D eigenvalue weighted by Crippen LogP contribution is 2.25. The van der Waals surface area contributed by atoms with Gasteiger partial charge in [-0.1, -0.05) is 24.4 Å². The van der Waals surface area contributed by atoms with Gasteiger partial charge < -0.3 is 5.73 Å². The summed E-state index contributed by atoms with van der Waals surface area (Å²) in [6, 6.07) is 5.98. The Labute approximate surface area is 71.3 Å². The van der Waals surface area contributed by atoms with Crippen LogP contribution in [0.2, 0.25) is 0 Å². The summed E-state index contributed by atoms with van der Waals surface area (Å²) in [4.78, 5) is 1.08. The molecule has 1 aromatic rings. The minimum absolute atomic E-state index is 0.820. The lowest BCUT2D eigenvalue weighted by molar-refractivity contribution is 1.37. The zero-order valence-electron chi connectivity index (χ0n) is 6.50. The second-order valence-corrected chi connectivity index (χ2v) is 3.33. The summed E-state index contributed by atoms with van der Waals surface area (Å²) in [7, 11) is 0. The lowest BCUT2D eigenvalue weighted by atomic mass is 10.2. The average Bonchev–Trinajstić information content (AvgIpc) is 1.98. The van der Waals surface area contributed by atoms with E-state index in [-0.39, 0.29) is 0 Å². The Kier molecular flexibility index (Phi) is 2.60. The van der Waals surface area contributed by atoms with Crippen LogP contribution in [-0.2, 0) is 0 Å². The molecule has 1 aromatic carbocycles. The van der Waals surface area contributed by atoms with Gasteiger partial charge >= 0.3 is 0 Å². The molecule has 0 aromatic heterocycles. The van der Waals surface area contributed by atoms with Crippen LogP contribution in [0, 0.1) is 6.92 Å². The van der Waals surface area contributed by atoms with E-state index < -0.39 is 0 Å². The summed E-state index contributed by atoms with van der Waals surface area (Å²) in [5, 5.41) is 1.78. The minimum atomic E-state index is 0.820.